The molecule has 0 radical (unpaired) electrons. The summed E-state index contributed by atoms with van der Waals surface area (Å²) in [6, 6.07) is 3.46. The van der Waals surface area contributed by atoms with Crippen LogP contribution < -0.4 is 0 Å². The van der Waals surface area contributed by atoms with Crippen LogP contribution in [0.5, 0.6) is 0 Å². The summed E-state index contributed by atoms with van der Waals surface area (Å²) in [7, 11) is 1.88. The zero-order chi connectivity index (χ0) is 12.6. The topological polar surface area (TPSA) is 57.0 Å². The maximum absolute atomic E-state index is 11.8. The van der Waals surface area contributed by atoms with Crippen molar-refractivity contribution < 1.29 is 9.53 Å². The lowest BCUT2D eigenvalue weighted by molar-refractivity contribution is 0.00632. The molecule has 90 valence electrons. The van der Waals surface area contributed by atoms with Gasteiger partial charge in [0.25, 0.3) is 0 Å². The largest absolute Gasteiger partial charge is 0.455 e. The quantitative estimate of drug-likeness (QED) is 0.706. The third-order valence-corrected chi connectivity index (χ3v) is 2.20. The standard InChI is InChI=1S/C12H15N3O2/c1-12(2,3)17-11(16)8-5-6-9-10(14-8)13-7-15(9)4/h5-7H,1-4H3. The van der Waals surface area contributed by atoms with E-state index in [2.05, 4.69) is 9.97 Å². The molecule has 2 heterocycles. The molecular formula is C12H15N3O2. The maximum Gasteiger partial charge on any atom is 0.357 e. The second-order valence-electron chi connectivity index (χ2n) is 4.90. The first-order valence-electron chi connectivity index (χ1n) is 5.38. The van der Waals surface area contributed by atoms with E-state index in [0.717, 1.165) is 5.52 Å². The minimum absolute atomic E-state index is 0.283. The lowest BCUT2D eigenvalue weighted by Gasteiger charge is -2.18. The summed E-state index contributed by atoms with van der Waals surface area (Å²) in [5.74, 6) is -0.426. The monoisotopic (exact) mass is 233 g/mol. The van der Waals surface area contributed by atoms with Crippen molar-refractivity contribution >= 4 is 17.1 Å². The van der Waals surface area contributed by atoms with Gasteiger partial charge in [-0.2, -0.15) is 0 Å². The molecule has 0 aliphatic carbocycles. The lowest BCUT2D eigenvalue weighted by atomic mass is 10.2. The summed E-state index contributed by atoms with van der Waals surface area (Å²) in [4.78, 5) is 20.1. The van der Waals surface area contributed by atoms with E-state index in [1.54, 1.807) is 12.4 Å². The average molecular weight is 233 g/mol. The molecule has 2 aromatic rings. The zero-order valence-corrected chi connectivity index (χ0v) is 10.4. The van der Waals surface area contributed by atoms with Crippen molar-refractivity contribution in [2.75, 3.05) is 0 Å². The Morgan fingerprint density at radius 1 is 1.35 bits per heavy atom. The highest BCUT2D eigenvalue weighted by Gasteiger charge is 2.19. The fourth-order valence-corrected chi connectivity index (χ4v) is 1.46. The van der Waals surface area contributed by atoms with E-state index in [-0.39, 0.29) is 5.69 Å². The Morgan fingerprint density at radius 2 is 2.06 bits per heavy atom. The zero-order valence-electron chi connectivity index (χ0n) is 10.4. The minimum atomic E-state index is -0.516. The first-order chi connectivity index (χ1) is 7.87. The van der Waals surface area contributed by atoms with Gasteiger partial charge in [0.1, 0.15) is 5.60 Å². The second-order valence-corrected chi connectivity index (χ2v) is 4.90. The summed E-state index contributed by atoms with van der Waals surface area (Å²) < 4.78 is 7.09. The number of carbonyl (C=O) groups is 1. The van der Waals surface area contributed by atoms with E-state index in [9.17, 15) is 4.79 Å². The summed E-state index contributed by atoms with van der Waals surface area (Å²) in [5.41, 5.74) is 1.21. The van der Waals surface area contributed by atoms with Gasteiger partial charge >= 0.3 is 5.97 Å². The van der Waals surface area contributed by atoms with Crippen LogP contribution in [0.25, 0.3) is 11.2 Å². The summed E-state index contributed by atoms with van der Waals surface area (Å²) >= 11 is 0. The number of aryl methyl sites for hydroxylation is 1. The molecule has 5 heteroatoms. The number of nitrogens with zero attached hydrogens (tertiary/aromatic N) is 3. The van der Waals surface area contributed by atoms with Crippen molar-refractivity contribution in [2.45, 2.75) is 26.4 Å². The minimum Gasteiger partial charge on any atom is -0.455 e. The number of carbonyl (C=O) groups excluding carboxylic acids is 1. The predicted octanol–water partition coefficient (Wildman–Crippen LogP) is 1.92. The molecule has 0 spiro atoms. The van der Waals surface area contributed by atoms with Crippen LogP contribution in [0.2, 0.25) is 0 Å². The molecule has 0 aromatic carbocycles. The molecular weight excluding hydrogens is 218 g/mol. The van der Waals surface area contributed by atoms with E-state index >= 15 is 0 Å². The molecule has 0 fully saturated rings. The Kier molecular flexibility index (Phi) is 2.61. The highest BCUT2D eigenvalue weighted by molar-refractivity contribution is 5.89. The van der Waals surface area contributed by atoms with Gasteiger partial charge in [0, 0.05) is 7.05 Å². The van der Waals surface area contributed by atoms with Crippen LogP contribution >= 0.6 is 0 Å². The van der Waals surface area contributed by atoms with Crippen molar-refractivity contribution in [1.82, 2.24) is 14.5 Å². The maximum atomic E-state index is 11.8. The van der Waals surface area contributed by atoms with Gasteiger partial charge in [0.15, 0.2) is 11.3 Å². The number of rotatable bonds is 1. The smallest absolute Gasteiger partial charge is 0.357 e. The van der Waals surface area contributed by atoms with Gasteiger partial charge in [-0.25, -0.2) is 14.8 Å². The fourth-order valence-electron chi connectivity index (χ4n) is 1.46. The number of fused-ring (bicyclic) bond motifs is 1. The van der Waals surface area contributed by atoms with E-state index < -0.39 is 11.6 Å². The number of ether oxygens (including phenoxy) is 1. The average Bonchev–Trinajstić information content (AvgIpc) is 2.57. The van der Waals surface area contributed by atoms with Crippen molar-refractivity contribution in [3.63, 3.8) is 0 Å². The van der Waals surface area contributed by atoms with Gasteiger partial charge in [-0.1, -0.05) is 0 Å². The van der Waals surface area contributed by atoms with Gasteiger partial charge in [-0.15, -0.1) is 0 Å². The van der Waals surface area contributed by atoms with E-state index in [0.29, 0.717) is 5.65 Å². The van der Waals surface area contributed by atoms with Crippen LogP contribution in [0.15, 0.2) is 18.5 Å². The van der Waals surface area contributed by atoms with E-state index in [1.165, 1.54) is 0 Å². The van der Waals surface area contributed by atoms with Crippen LogP contribution in [0.3, 0.4) is 0 Å². The number of hydrogen-bond acceptors (Lipinski definition) is 4. The molecule has 2 aromatic heterocycles. The molecule has 0 aliphatic heterocycles. The van der Waals surface area contributed by atoms with Crippen LogP contribution in [0.1, 0.15) is 31.3 Å². The molecule has 0 saturated carbocycles. The van der Waals surface area contributed by atoms with Gasteiger partial charge in [-0.3, -0.25) is 0 Å². The van der Waals surface area contributed by atoms with E-state index in [4.69, 9.17) is 4.74 Å². The van der Waals surface area contributed by atoms with Crippen LogP contribution in [0.4, 0.5) is 0 Å². The molecule has 0 saturated heterocycles. The molecule has 17 heavy (non-hydrogen) atoms. The SMILES string of the molecule is Cn1cnc2nc(C(=O)OC(C)(C)C)ccc21. The molecule has 0 aliphatic rings. The number of pyridine rings is 1. The first-order valence-corrected chi connectivity index (χ1v) is 5.38. The highest BCUT2D eigenvalue weighted by atomic mass is 16.6. The van der Waals surface area contributed by atoms with Gasteiger partial charge in [-0.05, 0) is 32.9 Å². The van der Waals surface area contributed by atoms with Crippen LogP contribution in [-0.4, -0.2) is 26.1 Å². The molecule has 0 bridgehead atoms. The fraction of sp³-hybridized carbons (Fsp3) is 0.417. The van der Waals surface area contributed by atoms with Gasteiger partial charge in [0.05, 0.1) is 11.8 Å². The third kappa shape index (κ3) is 2.43. The summed E-state index contributed by atoms with van der Waals surface area (Å²) in [5, 5.41) is 0. The molecule has 0 atom stereocenters. The van der Waals surface area contributed by atoms with E-state index in [1.807, 2.05) is 38.5 Å². The molecule has 0 unspecified atom stereocenters. The van der Waals surface area contributed by atoms with Crippen LogP contribution in [-0.2, 0) is 11.8 Å². The molecule has 5 nitrogen and oxygen atoms in total. The van der Waals surface area contributed by atoms with Crippen molar-refractivity contribution in [2.24, 2.45) is 7.05 Å². The number of imidazole rings is 1. The predicted molar refractivity (Wildman–Crippen MR) is 63.7 cm³/mol. The second kappa shape index (κ2) is 3.84. The lowest BCUT2D eigenvalue weighted by Crippen LogP contribution is -2.24. The Labute approximate surface area is 99.4 Å². The molecule has 0 amide bonds. The van der Waals surface area contributed by atoms with Gasteiger partial charge < -0.3 is 9.30 Å². The highest BCUT2D eigenvalue weighted by Crippen LogP contribution is 2.14. The first kappa shape index (κ1) is 11.6. The number of hydrogen-bond donors (Lipinski definition) is 0. The van der Waals surface area contributed by atoms with Crippen molar-refractivity contribution in [3.8, 4) is 0 Å². The van der Waals surface area contributed by atoms with Gasteiger partial charge in [0.2, 0.25) is 0 Å². The third-order valence-electron chi connectivity index (χ3n) is 2.20. The Morgan fingerprint density at radius 3 is 2.71 bits per heavy atom. The Hall–Kier alpha value is -1.91. The Bertz CT molecular complexity index is 567. The summed E-state index contributed by atoms with van der Waals surface area (Å²) in [6.45, 7) is 5.47. The Balaban J connectivity index is 2.33. The van der Waals surface area contributed by atoms with Crippen molar-refractivity contribution in [3.05, 3.63) is 24.2 Å². The normalized spacial score (nSPS) is 11.8. The number of aromatic nitrogens is 3. The molecule has 0 N–H and O–H groups in total. The number of esters is 1. The summed E-state index contributed by atoms with van der Waals surface area (Å²) in [6.07, 6.45) is 1.66. The van der Waals surface area contributed by atoms with Crippen LogP contribution in [0, 0.1) is 0 Å². The van der Waals surface area contributed by atoms with Crippen molar-refractivity contribution in [1.29, 1.82) is 0 Å². The molecule has 2 rings (SSSR count).